The molecule has 130 valence electrons. The number of ether oxygens (including phenoxy) is 1. The lowest BCUT2D eigenvalue weighted by atomic mass is 10.2. The molecule has 0 saturated carbocycles. The highest BCUT2D eigenvalue weighted by molar-refractivity contribution is 7.87. The van der Waals surface area contributed by atoms with Gasteiger partial charge in [-0.2, -0.15) is 8.42 Å². The zero-order valence-electron chi connectivity index (χ0n) is 13.2. The standard InChI is InChI=1S/C16H13ClN2O5S/c1-9-3-4-10(17)7-14(9)25(21,22)24-11-5-6-12-13(8-11)19-15(18-12)16(20)23-2/h3-8H,1-2H3,(H,18,19). The van der Waals surface area contributed by atoms with E-state index in [0.29, 0.717) is 21.6 Å². The molecule has 2 aromatic carbocycles. The highest BCUT2D eigenvalue weighted by Crippen LogP contribution is 2.26. The Morgan fingerprint density at radius 1 is 1.20 bits per heavy atom. The number of nitrogens with one attached hydrogen (secondary N) is 1. The van der Waals surface area contributed by atoms with Crippen molar-refractivity contribution in [1.82, 2.24) is 9.97 Å². The van der Waals surface area contributed by atoms with Crippen molar-refractivity contribution in [1.29, 1.82) is 0 Å². The largest absolute Gasteiger partial charge is 0.463 e. The number of hydrogen-bond donors (Lipinski definition) is 1. The van der Waals surface area contributed by atoms with Crippen LogP contribution in [0, 0.1) is 6.92 Å². The molecule has 0 amide bonds. The quantitative estimate of drug-likeness (QED) is 0.551. The van der Waals surface area contributed by atoms with Gasteiger partial charge in [-0.3, -0.25) is 0 Å². The van der Waals surface area contributed by atoms with Gasteiger partial charge in [0.25, 0.3) is 0 Å². The Bertz CT molecular complexity index is 1080. The maximum atomic E-state index is 12.5. The third kappa shape index (κ3) is 3.45. The van der Waals surface area contributed by atoms with Crippen LogP contribution in [0.5, 0.6) is 5.75 Å². The van der Waals surface area contributed by atoms with Crippen molar-refractivity contribution in [3.8, 4) is 5.75 Å². The number of methoxy groups -OCH3 is 1. The van der Waals surface area contributed by atoms with Crippen molar-refractivity contribution in [3.05, 3.63) is 52.8 Å². The van der Waals surface area contributed by atoms with Crippen LogP contribution in [-0.4, -0.2) is 31.5 Å². The third-order valence-corrected chi connectivity index (χ3v) is 5.08. The number of imidazole rings is 1. The molecule has 0 radical (unpaired) electrons. The zero-order valence-corrected chi connectivity index (χ0v) is 14.8. The van der Waals surface area contributed by atoms with E-state index in [1.807, 2.05) is 0 Å². The molecule has 0 saturated heterocycles. The van der Waals surface area contributed by atoms with E-state index in [9.17, 15) is 13.2 Å². The maximum Gasteiger partial charge on any atom is 0.374 e. The summed E-state index contributed by atoms with van der Waals surface area (Å²) in [5, 5.41) is 0.291. The molecule has 0 aliphatic heterocycles. The summed E-state index contributed by atoms with van der Waals surface area (Å²) >= 11 is 5.87. The molecule has 1 N–H and O–H groups in total. The number of benzene rings is 2. The first-order valence-electron chi connectivity index (χ1n) is 7.09. The minimum absolute atomic E-state index is 0.0139. The number of aromatic amines is 1. The topological polar surface area (TPSA) is 98.3 Å². The molecular weight excluding hydrogens is 368 g/mol. The van der Waals surface area contributed by atoms with Gasteiger partial charge in [0, 0.05) is 11.1 Å². The van der Waals surface area contributed by atoms with Crippen molar-refractivity contribution in [3.63, 3.8) is 0 Å². The van der Waals surface area contributed by atoms with Gasteiger partial charge in [-0.25, -0.2) is 9.78 Å². The van der Waals surface area contributed by atoms with Crippen LogP contribution in [0.4, 0.5) is 0 Å². The van der Waals surface area contributed by atoms with Gasteiger partial charge in [0.1, 0.15) is 10.6 Å². The first-order chi connectivity index (χ1) is 11.8. The molecule has 0 bridgehead atoms. The van der Waals surface area contributed by atoms with Gasteiger partial charge in [-0.15, -0.1) is 0 Å². The molecular formula is C16H13ClN2O5S. The molecule has 1 aromatic heterocycles. The number of carbonyl (C=O) groups is 1. The molecule has 1 heterocycles. The summed E-state index contributed by atoms with van der Waals surface area (Å²) in [5.74, 6) is -0.532. The van der Waals surface area contributed by atoms with Crippen molar-refractivity contribution >= 4 is 38.7 Å². The van der Waals surface area contributed by atoms with E-state index in [-0.39, 0.29) is 16.5 Å². The Kier molecular flexibility index (Phi) is 4.40. The third-order valence-electron chi connectivity index (χ3n) is 3.46. The fourth-order valence-corrected chi connectivity index (χ4v) is 3.67. The predicted molar refractivity (Wildman–Crippen MR) is 91.4 cm³/mol. The van der Waals surface area contributed by atoms with Crippen molar-refractivity contribution in [2.24, 2.45) is 0 Å². The monoisotopic (exact) mass is 380 g/mol. The second kappa shape index (κ2) is 6.38. The van der Waals surface area contributed by atoms with Gasteiger partial charge in [0.15, 0.2) is 0 Å². The Hall–Kier alpha value is -2.58. The van der Waals surface area contributed by atoms with Gasteiger partial charge < -0.3 is 13.9 Å². The van der Waals surface area contributed by atoms with E-state index in [1.165, 1.54) is 31.4 Å². The van der Waals surface area contributed by atoms with Crippen LogP contribution >= 0.6 is 11.6 Å². The number of carbonyl (C=O) groups excluding carboxylic acids is 1. The lowest BCUT2D eigenvalue weighted by Crippen LogP contribution is -2.11. The van der Waals surface area contributed by atoms with Crippen LogP contribution in [0.3, 0.4) is 0 Å². The van der Waals surface area contributed by atoms with Crippen molar-refractivity contribution in [2.45, 2.75) is 11.8 Å². The zero-order chi connectivity index (χ0) is 18.2. The predicted octanol–water partition coefficient (Wildman–Crippen LogP) is 3.08. The number of H-pyrrole nitrogens is 1. The Morgan fingerprint density at radius 3 is 2.68 bits per heavy atom. The van der Waals surface area contributed by atoms with E-state index in [2.05, 4.69) is 14.7 Å². The van der Waals surface area contributed by atoms with E-state index >= 15 is 0 Å². The van der Waals surface area contributed by atoms with E-state index < -0.39 is 16.1 Å². The van der Waals surface area contributed by atoms with Crippen LogP contribution in [0.1, 0.15) is 16.2 Å². The second-order valence-electron chi connectivity index (χ2n) is 5.20. The van der Waals surface area contributed by atoms with Crippen LogP contribution in [-0.2, 0) is 14.9 Å². The average Bonchev–Trinajstić information content (AvgIpc) is 2.99. The highest BCUT2D eigenvalue weighted by Gasteiger charge is 2.20. The van der Waals surface area contributed by atoms with Crippen molar-refractivity contribution < 1.29 is 22.1 Å². The first-order valence-corrected chi connectivity index (χ1v) is 8.87. The summed E-state index contributed by atoms with van der Waals surface area (Å²) in [6.45, 7) is 1.65. The SMILES string of the molecule is COC(=O)c1nc2ccc(OS(=O)(=O)c3cc(Cl)ccc3C)cc2[nH]1. The van der Waals surface area contributed by atoms with Crippen molar-refractivity contribution in [2.75, 3.05) is 7.11 Å². The molecule has 0 aliphatic rings. The van der Waals surface area contributed by atoms with Crippen LogP contribution < -0.4 is 4.18 Å². The van der Waals surface area contributed by atoms with Crippen LogP contribution in [0.25, 0.3) is 11.0 Å². The summed E-state index contributed by atoms with van der Waals surface area (Å²) in [5.41, 5.74) is 1.43. The summed E-state index contributed by atoms with van der Waals surface area (Å²) in [7, 11) is -2.82. The normalized spacial score (nSPS) is 11.5. The van der Waals surface area contributed by atoms with E-state index in [0.717, 1.165) is 0 Å². The highest BCUT2D eigenvalue weighted by atomic mass is 35.5. The summed E-state index contributed by atoms with van der Waals surface area (Å²) < 4.78 is 34.7. The number of aryl methyl sites for hydroxylation is 1. The average molecular weight is 381 g/mol. The Morgan fingerprint density at radius 2 is 1.96 bits per heavy atom. The number of aromatic nitrogens is 2. The molecule has 0 atom stereocenters. The molecule has 0 aliphatic carbocycles. The van der Waals surface area contributed by atoms with Gasteiger partial charge in [-0.05, 0) is 36.8 Å². The number of nitrogens with zero attached hydrogens (tertiary/aromatic N) is 1. The number of esters is 1. The molecule has 3 rings (SSSR count). The summed E-state index contributed by atoms with van der Waals surface area (Å²) in [6, 6.07) is 8.94. The fourth-order valence-electron chi connectivity index (χ4n) is 2.25. The lowest BCUT2D eigenvalue weighted by molar-refractivity contribution is 0.0588. The van der Waals surface area contributed by atoms with E-state index in [4.69, 9.17) is 15.8 Å². The van der Waals surface area contributed by atoms with Gasteiger partial charge >= 0.3 is 16.1 Å². The lowest BCUT2D eigenvalue weighted by Gasteiger charge is -2.09. The van der Waals surface area contributed by atoms with Gasteiger partial charge in [0.05, 0.1) is 18.1 Å². The van der Waals surface area contributed by atoms with E-state index in [1.54, 1.807) is 19.1 Å². The van der Waals surface area contributed by atoms with Gasteiger partial charge in [0.2, 0.25) is 5.82 Å². The summed E-state index contributed by atoms with van der Waals surface area (Å²) in [6.07, 6.45) is 0. The molecule has 0 fully saturated rings. The molecule has 9 heteroatoms. The van der Waals surface area contributed by atoms with Crippen LogP contribution in [0.2, 0.25) is 5.02 Å². The molecule has 0 spiro atoms. The van der Waals surface area contributed by atoms with Gasteiger partial charge in [-0.1, -0.05) is 17.7 Å². The first kappa shape index (κ1) is 17.2. The number of rotatable bonds is 4. The Balaban J connectivity index is 1.96. The second-order valence-corrected chi connectivity index (χ2v) is 7.15. The smallest absolute Gasteiger partial charge is 0.374 e. The Labute approximate surface area is 148 Å². The minimum Gasteiger partial charge on any atom is -0.463 e. The number of fused-ring (bicyclic) bond motifs is 1. The molecule has 25 heavy (non-hydrogen) atoms. The van der Waals surface area contributed by atoms with Crippen LogP contribution in [0.15, 0.2) is 41.3 Å². The molecule has 0 unspecified atom stereocenters. The molecule has 7 nitrogen and oxygen atoms in total. The number of halogens is 1. The number of hydrogen-bond acceptors (Lipinski definition) is 6. The minimum atomic E-state index is -4.06. The fraction of sp³-hybridized carbons (Fsp3) is 0.125. The maximum absolute atomic E-state index is 12.5. The molecule has 3 aromatic rings. The summed E-state index contributed by atoms with van der Waals surface area (Å²) in [4.78, 5) is 18.3.